The first-order valence-electron chi connectivity index (χ1n) is 7.02. The molecule has 1 fully saturated rings. The maximum atomic E-state index is 6.52. The van der Waals surface area contributed by atoms with Gasteiger partial charge in [-0.2, -0.15) is 0 Å². The van der Waals surface area contributed by atoms with Crippen molar-refractivity contribution in [1.29, 1.82) is 0 Å². The van der Waals surface area contributed by atoms with Crippen molar-refractivity contribution in [2.24, 2.45) is 5.73 Å². The molecule has 0 heterocycles. The Morgan fingerprint density at radius 3 is 2.16 bits per heavy atom. The Balaban J connectivity index is 2.74. The van der Waals surface area contributed by atoms with Gasteiger partial charge < -0.3 is 10.5 Å². The molecular weight excluding hydrogens is 258 g/mol. The van der Waals surface area contributed by atoms with Crippen LogP contribution in [0.25, 0.3) is 0 Å². The smallest absolute Gasteiger partial charge is 0.126 e. The van der Waals surface area contributed by atoms with Crippen molar-refractivity contribution < 1.29 is 4.74 Å². The zero-order valence-corrected chi connectivity index (χ0v) is 13.2. The molecule has 0 radical (unpaired) electrons. The standard InChI is InChI=1S/C16H24ClNO/c1-10-11(2)15(19-4)13(12(3)14(10)17)16(9-18)7-5-6-8-16/h5-9,18H2,1-4H3. The summed E-state index contributed by atoms with van der Waals surface area (Å²) in [5, 5.41) is 0.869. The van der Waals surface area contributed by atoms with Crippen LogP contribution in [-0.4, -0.2) is 13.7 Å². The molecule has 1 saturated carbocycles. The minimum absolute atomic E-state index is 0.0531. The lowest BCUT2D eigenvalue weighted by atomic mass is 9.75. The summed E-state index contributed by atoms with van der Waals surface area (Å²) < 4.78 is 5.72. The van der Waals surface area contributed by atoms with Crippen molar-refractivity contribution >= 4 is 11.6 Å². The molecule has 0 aromatic heterocycles. The number of nitrogens with two attached hydrogens (primary N) is 1. The van der Waals surface area contributed by atoms with Gasteiger partial charge in [0.1, 0.15) is 5.75 Å². The van der Waals surface area contributed by atoms with E-state index in [1.54, 1.807) is 7.11 Å². The predicted octanol–water partition coefficient (Wildman–Crippen LogP) is 4.04. The summed E-state index contributed by atoms with van der Waals surface area (Å²) >= 11 is 6.52. The van der Waals surface area contributed by atoms with Crippen molar-refractivity contribution in [1.82, 2.24) is 0 Å². The van der Waals surface area contributed by atoms with Gasteiger partial charge in [-0.15, -0.1) is 0 Å². The molecule has 0 bridgehead atoms. The zero-order chi connectivity index (χ0) is 14.2. The van der Waals surface area contributed by atoms with E-state index in [1.807, 2.05) is 0 Å². The lowest BCUT2D eigenvalue weighted by Gasteiger charge is -2.33. The second-order valence-corrected chi connectivity index (χ2v) is 6.17. The van der Waals surface area contributed by atoms with E-state index >= 15 is 0 Å². The molecule has 1 aliphatic rings. The molecule has 0 spiro atoms. The average Bonchev–Trinajstić information content (AvgIpc) is 2.90. The van der Waals surface area contributed by atoms with Crippen LogP contribution in [0.4, 0.5) is 0 Å². The first-order chi connectivity index (χ1) is 8.98. The Bertz CT molecular complexity index is 490. The fourth-order valence-electron chi connectivity index (χ4n) is 3.59. The van der Waals surface area contributed by atoms with E-state index < -0.39 is 0 Å². The first-order valence-corrected chi connectivity index (χ1v) is 7.40. The normalized spacial score (nSPS) is 17.8. The van der Waals surface area contributed by atoms with E-state index in [1.165, 1.54) is 18.4 Å². The molecule has 1 aliphatic carbocycles. The molecule has 3 heteroatoms. The van der Waals surface area contributed by atoms with Crippen LogP contribution < -0.4 is 10.5 Å². The molecule has 106 valence electrons. The van der Waals surface area contributed by atoms with Crippen LogP contribution in [0.15, 0.2) is 0 Å². The summed E-state index contributed by atoms with van der Waals surface area (Å²) in [5.74, 6) is 0.992. The maximum absolute atomic E-state index is 6.52. The fourth-order valence-corrected chi connectivity index (χ4v) is 3.82. The number of methoxy groups -OCH3 is 1. The van der Waals surface area contributed by atoms with Crippen LogP contribution in [0.1, 0.15) is 47.9 Å². The molecule has 0 unspecified atom stereocenters. The van der Waals surface area contributed by atoms with Gasteiger partial charge in [-0.05, 0) is 50.3 Å². The van der Waals surface area contributed by atoms with Crippen LogP contribution >= 0.6 is 11.6 Å². The minimum Gasteiger partial charge on any atom is -0.496 e. The molecular formula is C16H24ClNO. The van der Waals surface area contributed by atoms with Crippen molar-refractivity contribution in [2.45, 2.75) is 51.9 Å². The van der Waals surface area contributed by atoms with Gasteiger partial charge >= 0.3 is 0 Å². The minimum atomic E-state index is 0.0531. The maximum Gasteiger partial charge on any atom is 0.126 e. The number of hydrogen-bond donors (Lipinski definition) is 1. The number of ether oxygens (including phenoxy) is 1. The van der Waals surface area contributed by atoms with Gasteiger partial charge in [-0.1, -0.05) is 24.4 Å². The number of benzene rings is 1. The summed E-state index contributed by atoms with van der Waals surface area (Å²) in [6.45, 7) is 6.91. The topological polar surface area (TPSA) is 35.2 Å². The second-order valence-electron chi connectivity index (χ2n) is 5.79. The quantitative estimate of drug-likeness (QED) is 0.907. The molecule has 19 heavy (non-hydrogen) atoms. The first kappa shape index (κ1) is 14.7. The van der Waals surface area contributed by atoms with Crippen LogP contribution in [-0.2, 0) is 5.41 Å². The highest BCUT2D eigenvalue weighted by Crippen LogP contribution is 2.49. The summed E-state index contributed by atoms with van der Waals surface area (Å²) in [4.78, 5) is 0. The number of rotatable bonds is 3. The summed E-state index contributed by atoms with van der Waals surface area (Å²) in [6, 6.07) is 0. The lowest BCUT2D eigenvalue weighted by molar-refractivity contribution is 0.373. The van der Waals surface area contributed by atoms with E-state index in [0.717, 1.165) is 40.3 Å². The summed E-state index contributed by atoms with van der Waals surface area (Å²) in [7, 11) is 1.75. The molecule has 0 amide bonds. The molecule has 1 aromatic carbocycles. The largest absolute Gasteiger partial charge is 0.496 e. The van der Waals surface area contributed by atoms with Gasteiger partial charge in [0.15, 0.2) is 0 Å². The Kier molecular flexibility index (Phi) is 4.12. The van der Waals surface area contributed by atoms with Crippen LogP contribution in [0.5, 0.6) is 5.75 Å². The Hall–Kier alpha value is -0.730. The van der Waals surface area contributed by atoms with E-state index in [-0.39, 0.29) is 5.41 Å². The molecule has 2 nitrogen and oxygen atoms in total. The molecule has 0 aliphatic heterocycles. The Morgan fingerprint density at radius 1 is 1.11 bits per heavy atom. The van der Waals surface area contributed by atoms with Gasteiger partial charge in [-0.25, -0.2) is 0 Å². The summed E-state index contributed by atoms with van der Waals surface area (Å²) in [5.41, 5.74) is 10.8. The van der Waals surface area contributed by atoms with Gasteiger partial charge in [0.25, 0.3) is 0 Å². The highest BCUT2D eigenvalue weighted by atomic mass is 35.5. The van der Waals surface area contributed by atoms with Crippen molar-refractivity contribution in [3.63, 3.8) is 0 Å². The second kappa shape index (κ2) is 5.34. The molecule has 0 saturated heterocycles. The highest BCUT2D eigenvalue weighted by molar-refractivity contribution is 6.32. The van der Waals surface area contributed by atoms with Crippen molar-refractivity contribution in [2.75, 3.05) is 13.7 Å². The average molecular weight is 282 g/mol. The third-order valence-corrected chi connectivity index (χ3v) is 5.42. The van der Waals surface area contributed by atoms with E-state index in [0.29, 0.717) is 6.54 Å². The van der Waals surface area contributed by atoms with E-state index in [4.69, 9.17) is 22.1 Å². The van der Waals surface area contributed by atoms with Crippen LogP contribution in [0, 0.1) is 20.8 Å². The monoisotopic (exact) mass is 281 g/mol. The summed E-state index contributed by atoms with van der Waals surface area (Å²) in [6.07, 6.45) is 4.76. The lowest BCUT2D eigenvalue weighted by Crippen LogP contribution is -2.33. The Morgan fingerprint density at radius 2 is 1.68 bits per heavy atom. The predicted molar refractivity (Wildman–Crippen MR) is 81.4 cm³/mol. The zero-order valence-electron chi connectivity index (χ0n) is 12.4. The Labute approximate surface area is 121 Å². The highest BCUT2D eigenvalue weighted by Gasteiger charge is 2.39. The van der Waals surface area contributed by atoms with Crippen molar-refractivity contribution in [3.05, 3.63) is 27.3 Å². The fraction of sp³-hybridized carbons (Fsp3) is 0.625. The van der Waals surface area contributed by atoms with Gasteiger partial charge in [0.05, 0.1) is 7.11 Å². The molecule has 0 atom stereocenters. The molecule has 2 N–H and O–H groups in total. The number of halogens is 1. The van der Waals surface area contributed by atoms with E-state index in [2.05, 4.69) is 20.8 Å². The van der Waals surface area contributed by atoms with Crippen LogP contribution in [0.2, 0.25) is 5.02 Å². The molecule has 2 rings (SSSR count). The third kappa shape index (κ3) is 2.15. The SMILES string of the molecule is COc1c(C)c(C)c(Cl)c(C)c1C1(CN)CCCC1. The van der Waals surface area contributed by atoms with Gasteiger partial charge in [-0.3, -0.25) is 0 Å². The van der Waals surface area contributed by atoms with Crippen molar-refractivity contribution in [3.8, 4) is 5.75 Å². The van der Waals surface area contributed by atoms with Gasteiger partial charge in [0, 0.05) is 22.5 Å². The molecule has 1 aromatic rings. The number of hydrogen-bond acceptors (Lipinski definition) is 2. The third-order valence-electron chi connectivity index (χ3n) is 4.85. The van der Waals surface area contributed by atoms with Crippen LogP contribution in [0.3, 0.4) is 0 Å². The van der Waals surface area contributed by atoms with E-state index in [9.17, 15) is 0 Å². The van der Waals surface area contributed by atoms with Gasteiger partial charge in [0.2, 0.25) is 0 Å².